The Morgan fingerprint density at radius 3 is 3.31 bits per heavy atom. The first-order chi connectivity index (χ1) is 7.77. The molecule has 16 heavy (non-hydrogen) atoms. The van der Waals surface area contributed by atoms with Crippen molar-refractivity contribution < 1.29 is 9.53 Å². The Morgan fingerprint density at radius 1 is 1.81 bits per heavy atom. The van der Waals surface area contributed by atoms with E-state index in [1.807, 2.05) is 0 Å². The third kappa shape index (κ3) is 3.72. The Balaban J connectivity index is 2.60. The van der Waals surface area contributed by atoms with Crippen LogP contribution in [0.2, 0.25) is 0 Å². The maximum absolute atomic E-state index is 11.3. The summed E-state index contributed by atoms with van der Waals surface area (Å²) in [5.41, 5.74) is 8.05. The summed E-state index contributed by atoms with van der Waals surface area (Å²) in [4.78, 5) is 18.4. The third-order valence-corrected chi connectivity index (χ3v) is 2.45. The molecule has 0 bridgehead atoms. The van der Waals surface area contributed by atoms with E-state index in [-0.39, 0.29) is 12.5 Å². The van der Waals surface area contributed by atoms with Crippen LogP contribution in [-0.2, 0) is 4.74 Å². The van der Waals surface area contributed by atoms with Crippen LogP contribution in [0.15, 0.2) is 17.4 Å². The highest BCUT2D eigenvalue weighted by atomic mass is 32.1. The number of esters is 1. The van der Waals surface area contributed by atoms with Gasteiger partial charge in [-0.2, -0.15) is 0 Å². The standard InChI is InChI=1S/C9H10N4O2S/c1-2-15-9(14)7-6-11-8(16-7)4-3-5-12-13-10/h3-4,6H,2,5H2,1H3. The Morgan fingerprint density at radius 2 is 2.62 bits per heavy atom. The molecular weight excluding hydrogens is 228 g/mol. The highest BCUT2D eigenvalue weighted by Gasteiger charge is 2.09. The van der Waals surface area contributed by atoms with Crippen molar-refractivity contribution in [3.8, 4) is 0 Å². The van der Waals surface area contributed by atoms with Gasteiger partial charge in [0, 0.05) is 11.5 Å². The van der Waals surface area contributed by atoms with Gasteiger partial charge >= 0.3 is 5.97 Å². The number of azide groups is 1. The lowest BCUT2D eigenvalue weighted by atomic mass is 10.5. The molecule has 1 heterocycles. The van der Waals surface area contributed by atoms with Crippen molar-refractivity contribution in [3.63, 3.8) is 0 Å². The number of ether oxygens (including phenoxy) is 1. The Hall–Kier alpha value is -1.85. The van der Waals surface area contributed by atoms with Gasteiger partial charge in [-0.25, -0.2) is 9.78 Å². The molecule has 0 atom stereocenters. The maximum Gasteiger partial charge on any atom is 0.349 e. The molecule has 0 N–H and O–H groups in total. The van der Waals surface area contributed by atoms with Crippen LogP contribution in [0.1, 0.15) is 21.6 Å². The van der Waals surface area contributed by atoms with Crippen LogP contribution in [0.5, 0.6) is 0 Å². The van der Waals surface area contributed by atoms with Gasteiger partial charge < -0.3 is 4.74 Å². The summed E-state index contributed by atoms with van der Waals surface area (Å²) < 4.78 is 4.83. The van der Waals surface area contributed by atoms with Crippen LogP contribution < -0.4 is 0 Å². The van der Waals surface area contributed by atoms with Crippen molar-refractivity contribution in [1.29, 1.82) is 0 Å². The molecule has 0 aliphatic carbocycles. The van der Waals surface area contributed by atoms with E-state index in [4.69, 9.17) is 10.3 Å². The van der Waals surface area contributed by atoms with E-state index in [1.54, 1.807) is 19.1 Å². The predicted octanol–water partition coefficient (Wildman–Crippen LogP) is 2.64. The molecule has 0 aliphatic heterocycles. The second kappa shape index (κ2) is 6.60. The number of hydrogen-bond donors (Lipinski definition) is 0. The summed E-state index contributed by atoms with van der Waals surface area (Å²) in [6, 6.07) is 0. The molecule has 0 spiro atoms. The van der Waals surface area contributed by atoms with Crippen molar-refractivity contribution in [2.75, 3.05) is 13.2 Å². The topological polar surface area (TPSA) is 88.0 Å². The van der Waals surface area contributed by atoms with Gasteiger partial charge in [0.1, 0.15) is 9.88 Å². The van der Waals surface area contributed by atoms with Crippen LogP contribution in [0, 0.1) is 0 Å². The van der Waals surface area contributed by atoms with Gasteiger partial charge in [0.05, 0.1) is 12.8 Å². The lowest BCUT2D eigenvalue weighted by molar-refractivity contribution is 0.0532. The molecule has 0 fully saturated rings. The maximum atomic E-state index is 11.3. The molecule has 1 rings (SSSR count). The molecule has 0 radical (unpaired) electrons. The normalized spacial score (nSPS) is 10.1. The summed E-state index contributed by atoms with van der Waals surface area (Å²) in [5, 5.41) is 4.01. The van der Waals surface area contributed by atoms with Gasteiger partial charge in [0.2, 0.25) is 0 Å². The van der Waals surface area contributed by atoms with Gasteiger partial charge in [-0.05, 0) is 18.5 Å². The SMILES string of the molecule is CCOC(=O)c1cnc(C=CCN=[N+]=[N-])s1. The molecule has 0 saturated carbocycles. The van der Waals surface area contributed by atoms with Gasteiger partial charge in [-0.15, -0.1) is 11.3 Å². The zero-order valence-electron chi connectivity index (χ0n) is 8.66. The summed E-state index contributed by atoms with van der Waals surface area (Å²) in [6.07, 6.45) is 4.84. The van der Waals surface area contributed by atoms with Gasteiger partial charge in [0.15, 0.2) is 0 Å². The van der Waals surface area contributed by atoms with Gasteiger partial charge in [0.25, 0.3) is 0 Å². The molecular formula is C9H10N4O2S. The van der Waals surface area contributed by atoms with Crippen LogP contribution in [0.3, 0.4) is 0 Å². The minimum absolute atomic E-state index is 0.269. The van der Waals surface area contributed by atoms with E-state index in [9.17, 15) is 4.79 Å². The summed E-state index contributed by atoms with van der Waals surface area (Å²) in [5.74, 6) is -0.366. The second-order valence-electron chi connectivity index (χ2n) is 2.60. The Bertz CT molecular complexity index is 434. The summed E-state index contributed by atoms with van der Waals surface area (Å²) >= 11 is 1.23. The van der Waals surface area contributed by atoms with Crippen LogP contribution >= 0.6 is 11.3 Å². The van der Waals surface area contributed by atoms with Crippen molar-refractivity contribution in [3.05, 3.63) is 32.6 Å². The molecule has 84 valence electrons. The number of carbonyl (C=O) groups excluding carboxylic acids is 1. The zero-order chi connectivity index (χ0) is 11.8. The van der Waals surface area contributed by atoms with E-state index in [2.05, 4.69) is 15.0 Å². The minimum Gasteiger partial charge on any atom is -0.462 e. The number of thiazole rings is 1. The number of nitrogens with zero attached hydrogens (tertiary/aromatic N) is 4. The Labute approximate surface area is 96.2 Å². The average molecular weight is 238 g/mol. The van der Waals surface area contributed by atoms with Gasteiger partial charge in [-0.1, -0.05) is 11.2 Å². The van der Waals surface area contributed by atoms with Crippen molar-refractivity contribution in [2.45, 2.75) is 6.92 Å². The molecule has 0 saturated heterocycles. The molecule has 0 amide bonds. The second-order valence-corrected chi connectivity index (χ2v) is 3.66. The number of carbonyl (C=O) groups is 1. The highest BCUT2D eigenvalue weighted by Crippen LogP contribution is 2.15. The van der Waals surface area contributed by atoms with Crippen LogP contribution in [-0.4, -0.2) is 24.1 Å². The fourth-order valence-electron chi connectivity index (χ4n) is 0.898. The first kappa shape index (κ1) is 12.2. The fraction of sp³-hybridized carbons (Fsp3) is 0.333. The highest BCUT2D eigenvalue weighted by molar-refractivity contribution is 7.14. The van der Waals surface area contributed by atoms with Crippen molar-refractivity contribution in [2.24, 2.45) is 5.11 Å². The average Bonchev–Trinajstić information content (AvgIpc) is 2.73. The number of hydrogen-bond acceptors (Lipinski definition) is 5. The van der Waals surface area contributed by atoms with Crippen molar-refractivity contribution in [1.82, 2.24) is 4.98 Å². The molecule has 7 heteroatoms. The van der Waals surface area contributed by atoms with Crippen LogP contribution in [0.4, 0.5) is 0 Å². The van der Waals surface area contributed by atoms with E-state index < -0.39 is 0 Å². The lowest BCUT2D eigenvalue weighted by Crippen LogP contribution is -2.01. The van der Waals surface area contributed by atoms with Crippen molar-refractivity contribution >= 4 is 23.4 Å². The minimum atomic E-state index is -0.366. The summed E-state index contributed by atoms with van der Waals surface area (Å²) in [7, 11) is 0. The van der Waals surface area contributed by atoms with Gasteiger partial charge in [-0.3, -0.25) is 0 Å². The third-order valence-electron chi connectivity index (χ3n) is 1.51. The summed E-state index contributed by atoms with van der Waals surface area (Å²) in [6.45, 7) is 2.36. The number of aromatic nitrogens is 1. The fourth-order valence-corrected chi connectivity index (χ4v) is 1.64. The monoisotopic (exact) mass is 238 g/mol. The quantitative estimate of drug-likeness (QED) is 0.342. The van der Waals surface area contributed by atoms with E-state index in [0.717, 1.165) is 0 Å². The number of rotatable bonds is 5. The molecule has 1 aromatic heterocycles. The first-order valence-electron chi connectivity index (χ1n) is 4.58. The lowest BCUT2D eigenvalue weighted by Gasteiger charge is -1.95. The first-order valence-corrected chi connectivity index (χ1v) is 5.40. The van der Waals surface area contributed by atoms with Crippen LogP contribution in [0.25, 0.3) is 16.5 Å². The van der Waals surface area contributed by atoms with E-state index in [1.165, 1.54) is 17.5 Å². The largest absolute Gasteiger partial charge is 0.462 e. The zero-order valence-corrected chi connectivity index (χ0v) is 9.48. The van der Waals surface area contributed by atoms with E-state index >= 15 is 0 Å². The predicted molar refractivity (Wildman–Crippen MR) is 61.1 cm³/mol. The smallest absolute Gasteiger partial charge is 0.349 e. The molecule has 0 unspecified atom stereocenters. The molecule has 0 aromatic carbocycles. The Kier molecular flexibility index (Phi) is 5.04. The molecule has 0 aliphatic rings. The van der Waals surface area contributed by atoms with E-state index in [0.29, 0.717) is 16.5 Å². The molecule has 1 aromatic rings. The molecule has 6 nitrogen and oxygen atoms in total.